The lowest BCUT2D eigenvalue weighted by Crippen LogP contribution is -3.21. The van der Waals surface area contributed by atoms with Crippen molar-refractivity contribution in [2.45, 2.75) is 65.5 Å². The Morgan fingerprint density at radius 3 is 0.800 bits per heavy atom. The Labute approximate surface area is 131 Å². The molecule has 3 N–H and O–H groups in total. The molecule has 10 heteroatoms. The van der Waals surface area contributed by atoms with E-state index in [1.165, 1.54) is 0 Å². The van der Waals surface area contributed by atoms with E-state index in [0.717, 1.165) is 0 Å². The van der Waals surface area contributed by atoms with Crippen molar-refractivity contribution in [1.29, 1.82) is 0 Å². The fourth-order valence-corrected chi connectivity index (χ4v) is 273. The van der Waals surface area contributed by atoms with Crippen molar-refractivity contribution >= 4 is 51.7 Å². The van der Waals surface area contributed by atoms with Crippen LogP contribution in [0.25, 0.3) is 0 Å². The monoisotopic (exact) mass is 391 g/mol. The van der Waals surface area contributed by atoms with E-state index in [0.29, 0.717) is 0 Å². The minimum atomic E-state index is -1.39. The molecule has 0 aliphatic carbocycles. The number of nitrogens with one attached hydrogen (secondary N) is 3. The molecule has 4 bridgehead atoms. The minimum Gasteiger partial charge on any atom is -0.341 e. The van der Waals surface area contributed by atoms with Gasteiger partial charge in [0.2, 0.25) is 0 Å². The van der Waals surface area contributed by atoms with E-state index in [1.807, 2.05) is 0 Å². The Hall–Kier alpha value is 1.40. The lowest BCUT2D eigenvalue weighted by Gasteiger charge is -2.83. The molecule has 0 aromatic carbocycles. The summed E-state index contributed by atoms with van der Waals surface area (Å²) in [4.78, 5) is 0. The van der Waals surface area contributed by atoms with Crippen molar-refractivity contribution in [1.82, 2.24) is 13.9 Å². The van der Waals surface area contributed by atoms with Gasteiger partial charge in [-0.2, -0.15) is 0 Å². The summed E-state index contributed by atoms with van der Waals surface area (Å²) in [6.07, 6.45) is 0. The van der Waals surface area contributed by atoms with Crippen LogP contribution in [0.1, 0.15) is 0 Å². The first-order valence-corrected chi connectivity index (χ1v) is 33.0. The van der Waals surface area contributed by atoms with Crippen molar-refractivity contribution in [3.05, 3.63) is 0 Å². The summed E-state index contributed by atoms with van der Waals surface area (Å²) in [6.45, 7) is 26.8. The van der Waals surface area contributed by atoms with Crippen LogP contribution in [0.2, 0.25) is 65.5 Å². The van der Waals surface area contributed by atoms with Gasteiger partial charge in [-0.05, 0) is 19.6 Å². The molecule has 0 unspecified atom stereocenters. The Balaban J connectivity index is 2.40. The molecule has 0 saturated carbocycles. The highest BCUT2D eigenvalue weighted by molar-refractivity contribution is 8.15. The average Bonchev–Trinajstić information content (AvgIpc) is 2.22. The molecule has 116 valence electrons. The van der Waals surface area contributed by atoms with Gasteiger partial charge in [0.15, 0.2) is 23.7 Å². The van der Waals surface area contributed by atoms with E-state index in [-0.39, 0.29) is 0 Å². The Morgan fingerprint density at radius 1 is 0.400 bits per heavy atom. The van der Waals surface area contributed by atoms with E-state index in [1.54, 1.807) is 0 Å². The fourth-order valence-electron chi connectivity index (χ4n) is 6.38. The molecule has 4 fully saturated rings. The summed E-state index contributed by atoms with van der Waals surface area (Å²) in [6, 6.07) is 0. The van der Waals surface area contributed by atoms with E-state index in [2.05, 4.69) is 79.4 Å². The normalized spacial score (nSPS) is 57.9. The van der Waals surface area contributed by atoms with Crippen molar-refractivity contribution in [2.75, 3.05) is 0 Å². The Kier molecular flexibility index (Phi) is 2.90. The first-order chi connectivity index (χ1) is 8.62. The highest BCUT2D eigenvalue weighted by atomic mass is 30.2. The van der Waals surface area contributed by atoms with Crippen LogP contribution in [0.3, 0.4) is 0 Å². The lowest BCUT2D eigenvalue weighted by atomic mass is 11.9. The third-order valence-electron chi connectivity index (χ3n) is 9.00. The largest absolute Gasteiger partial charge is 0.341 e. The number of hydrogen-bond acceptors (Lipinski definition) is 3. The van der Waals surface area contributed by atoms with Gasteiger partial charge in [0.25, 0.3) is 0 Å². The van der Waals surface area contributed by atoms with Crippen molar-refractivity contribution in [2.24, 2.45) is 0 Å². The summed E-state index contributed by atoms with van der Waals surface area (Å²) in [5, 5.41) is 0. The number of hydrogen-bond donors (Lipinski definition) is 3. The highest BCUT2D eigenvalue weighted by Gasteiger charge is 2.87. The van der Waals surface area contributed by atoms with Gasteiger partial charge in [0.1, 0.15) is 0 Å². The SMILES string of the molecule is C[Si]12N[Si]3(C)N[Si](C)(N1)[Si](C)(C)[Si](C)([Si]2(C)C)[Si]3(C)C. The van der Waals surface area contributed by atoms with Crippen LogP contribution >= 0.6 is 0 Å². The standard InChI is InChI=1S/C10H33N3Si7/c1-14(2)17(7)11-18(8)13-19(9,12-17)16(5,6)20(14,10)15(18,3)4/h11-13H,1-10H3. The van der Waals surface area contributed by atoms with Crippen LogP contribution in [0, 0.1) is 0 Å². The first-order valence-electron chi connectivity index (χ1n) is 8.00. The van der Waals surface area contributed by atoms with Gasteiger partial charge in [0, 0.05) is 6.63 Å². The van der Waals surface area contributed by atoms with Crippen LogP contribution < -0.4 is 13.9 Å². The number of rotatable bonds is 0. The average molecular weight is 392 g/mol. The summed E-state index contributed by atoms with van der Waals surface area (Å²) in [5.41, 5.74) is 0. The van der Waals surface area contributed by atoms with Gasteiger partial charge in [-0.25, -0.2) is 0 Å². The third-order valence-corrected chi connectivity index (χ3v) is 162. The van der Waals surface area contributed by atoms with Crippen molar-refractivity contribution in [3.63, 3.8) is 0 Å². The Morgan fingerprint density at radius 2 is 0.600 bits per heavy atom. The summed E-state index contributed by atoms with van der Waals surface area (Å²) >= 11 is 0. The molecule has 20 heavy (non-hydrogen) atoms. The maximum atomic E-state index is 4.41. The molecule has 0 atom stereocenters. The van der Waals surface area contributed by atoms with Gasteiger partial charge in [-0.1, -0.05) is 45.8 Å². The van der Waals surface area contributed by atoms with Gasteiger partial charge in [-0.15, -0.1) is 0 Å². The van der Waals surface area contributed by atoms with Gasteiger partial charge in [0.05, 0.1) is 21.3 Å². The zero-order valence-corrected chi connectivity index (χ0v) is 22.0. The van der Waals surface area contributed by atoms with Crippen molar-refractivity contribution < 1.29 is 0 Å². The Bertz CT molecular complexity index is 428. The van der Waals surface area contributed by atoms with Gasteiger partial charge in [-0.3, -0.25) is 0 Å². The topological polar surface area (TPSA) is 36.1 Å². The molecule has 4 rings (SSSR count). The fraction of sp³-hybridized carbons (Fsp3) is 1.00. The van der Waals surface area contributed by atoms with E-state index >= 15 is 0 Å². The summed E-state index contributed by atoms with van der Waals surface area (Å²) in [5.74, 6) is 0. The molecule has 0 aromatic heterocycles. The second-order valence-corrected chi connectivity index (χ2v) is 81.0. The van der Waals surface area contributed by atoms with E-state index in [4.69, 9.17) is 0 Å². The molecular formula is C10H33N3Si7. The maximum absolute atomic E-state index is 4.41. The quantitative estimate of drug-likeness (QED) is 0.550. The van der Waals surface area contributed by atoms with Crippen LogP contribution in [0.4, 0.5) is 0 Å². The molecule has 3 nitrogen and oxygen atoms in total. The summed E-state index contributed by atoms with van der Waals surface area (Å²) < 4.78 is 13.2. The molecule has 4 aliphatic heterocycles. The molecule has 4 aliphatic rings. The smallest absolute Gasteiger partial charge is 0.168 e. The molecule has 0 amide bonds. The van der Waals surface area contributed by atoms with Crippen LogP contribution in [0.5, 0.6) is 0 Å². The van der Waals surface area contributed by atoms with Crippen molar-refractivity contribution in [3.8, 4) is 0 Å². The van der Waals surface area contributed by atoms with Crippen LogP contribution in [-0.2, 0) is 0 Å². The molecular weight excluding hydrogens is 359 g/mol. The van der Waals surface area contributed by atoms with Crippen LogP contribution in [-0.4, -0.2) is 51.7 Å². The lowest BCUT2D eigenvalue weighted by molar-refractivity contribution is 1.09. The summed E-state index contributed by atoms with van der Waals surface area (Å²) in [7, 11) is -7.63. The molecule has 4 saturated heterocycles. The molecule has 0 aromatic rings. The predicted molar refractivity (Wildman–Crippen MR) is 108 cm³/mol. The van der Waals surface area contributed by atoms with Gasteiger partial charge < -0.3 is 13.9 Å². The van der Waals surface area contributed by atoms with E-state index in [9.17, 15) is 0 Å². The zero-order valence-electron chi connectivity index (χ0n) is 15.0. The third kappa shape index (κ3) is 1.22. The zero-order chi connectivity index (χ0) is 15.6. The van der Waals surface area contributed by atoms with E-state index < -0.39 is 51.7 Å². The second kappa shape index (κ2) is 3.57. The maximum Gasteiger partial charge on any atom is 0.168 e. The minimum absolute atomic E-state index is 1.09. The molecule has 4 heterocycles. The van der Waals surface area contributed by atoms with Gasteiger partial charge >= 0.3 is 0 Å². The molecule has 0 radical (unpaired) electrons. The second-order valence-electron chi connectivity index (χ2n) is 9.75. The predicted octanol–water partition coefficient (Wildman–Crippen LogP) is 1.69. The molecule has 0 spiro atoms. The highest BCUT2D eigenvalue weighted by Crippen LogP contribution is 2.53. The van der Waals surface area contributed by atoms with Crippen LogP contribution in [0.15, 0.2) is 0 Å². The first kappa shape index (κ1) is 16.3.